The summed E-state index contributed by atoms with van der Waals surface area (Å²) in [4.78, 5) is 54.4. The number of nitrogens with one attached hydrogen (secondary N) is 2. The Morgan fingerprint density at radius 2 is 0.946 bits per heavy atom. The molecule has 12 nitrogen and oxygen atoms in total. The average molecular weight is 857 g/mol. The summed E-state index contributed by atoms with van der Waals surface area (Å²) in [5, 5.41) is 8.19. The van der Waals surface area contributed by atoms with E-state index < -0.39 is 0 Å². The first-order valence-electron chi connectivity index (χ1n) is 17.8. The lowest BCUT2D eigenvalue weighted by molar-refractivity contribution is 0.0974. The maximum Gasteiger partial charge on any atom is 0.300 e. The summed E-state index contributed by atoms with van der Waals surface area (Å²) in [6, 6.07) is 39.4. The number of nitrogens with zero attached hydrogens (tertiary/aromatic N) is 6. The first-order valence-corrected chi connectivity index (χ1v) is 18.9. The van der Waals surface area contributed by atoms with Gasteiger partial charge >= 0.3 is 5.56 Å². The fourth-order valence-corrected chi connectivity index (χ4v) is 6.63. The van der Waals surface area contributed by atoms with E-state index in [-0.39, 0.29) is 24.3 Å². The van der Waals surface area contributed by atoms with E-state index in [1.54, 1.807) is 19.3 Å². The zero-order valence-corrected chi connectivity index (χ0v) is 32.5. The molecule has 280 valence electrons. The zero-order chi connectivity index (χ0) is 38.7. The second-order valence-corrected chi connectivity index (χ2v) is 13.7. The third kappa shape index (κ3) is 8.84. The number of benzene rings is 4. The largest absolute Gasteiger partial charge is 0.404 e. The molecule has 8 rings (SSSR count). The Morgan fingerprint density at radius 3 is 1.41 bits per heavy atom. The van der Waals surface area contributed by atoms with Crippen LogP contribution in [0.15, 0.2) is 156 Å². The van der Waals surface area contributed by atoms with Crippen molar-refractivity contribution in [3.05, 3.63) is 198 Å². The maximum absolute atomic E-state index is 13.0. The Kier molecular flexibility index (Phi) is 12.2. The molecular weight excluding hydrogens is 819 g/mol. The molecule has 0 atom stereocenters. The molecule has 0 amide bonds. The molecule has 0 fully saturated rings. The summed E-state index contributed by atoms with van der Waals surface area (Å²) in [7, 11) is 0. The van der Waals surface area contributed by atoms with Crippen LogP contribution in [-0.4, -0.2) is 29.4 Å². The lowest BCUT2D eigenvalue weighted by Gasteiger charge is -2.16. The summed E-state index contributed by atoms with van der Waals surface area (Å²) in [5.74, 6) is 0. The van der Waals surface area contributed by atoms with Gasteiger partial charge in [0, 0.05) is 31.0 Å². The molecule has 4 heterocycles. The van der Waals surface area contributed by atoms with E-state index in [0.717, 1.165) is 38.7 Å². The predicted molar refractivity (Wildman–Crippen MR) is 226 cm³/mol. The highest BCUT2D eigenvalue weighted by Crippen LogP contribution is 2.26. The molecule has 8 aromatic rings. The van der Waals surface area contributed by atoms with Crippen LogP contribution in [-0.2, 0) is 26.3 Å². The molecule has 0 saturated carbocycles. The fourth-order valence-electron chi connectivity index (χ4n) is 5.93. The monoisotopic (exact) mass is 856 g/mol. The number of rotatable bonds is 12. The summed E-state index contributed by atoms with van der Waals surface area (Å²) < 4.78 is 3.04. The normalized spacial score (nSPS) is 10.8. The predicted octanol–water partition coefficient (Wildman–Crippen LogP) is 6.98. The van der Waals surface area contributed by atoms with Gasteiger partial charge in [0.1, 0.15) is 29.4 Å². The van der Waals surface area contributed by atoms with Crippen molar-refractivity contribution in [2.45, 2.75) is 33.2 Å². The second kappa shape index (κ2) is 18.1. The van der Waals surface area contributed by atoms with E-state index in [1.807, 2.05) is 144 Å². The van der Waals surface area contributed by atoms with Gasteiger partial charge in [0.2, 0.25) is 0 Å². The average Bonchev–Trinajstić information content (AvgIpc) is 3.25. The minimum absolute atomic E-state index is 0.238. The Labute approximate surface area is 335 Å². The third-order valence-electron chi connectivity index (χ3n) is 8.81. The molecule has 0 radical (unpaired) electrons. The van der Waals surface area contributed by atoms with Crippen LogP contribution in [0, 0.1) is 10.5 Å². The summed E-state index contributed by atoms with van der Waals surface area (Å²) in [5.41, 5.74) is 6.57. The molecule has 2 N–H and O–H groups in total. The molecule has 0 bridgehead atoms. The minimum atomic E-state index is -0.252. The van der Waals surface area contributed by atoms with Crippen molar-refractivity contribution in [3.8, 4) is 0 Å². The van der Waals surface area contributed by atoms with E-state index in [1.165, 1.54) is 22.1 Å². The smallest absolute Gasteiger partial charge is 0.300 e. The molecule has 0 aliphatic rings. The van der Waals surface area contributed by atoms with Gasteiger partial charge in [-0.3, -0.25) is 9.59 Å². The Morgan fingerprint density at radius 1 is 0.554 bits per heavy atom. The summed E-state index contributed by atoms with van der Waals surface area (Å²) in [6.45, 7) is 3.52. The standard InChI is InChI=1S/C22H20N4O2.C21H17IN4O2/c1-16-20(24-12-17-8-4-2-5-9-17)19-13-23-15-25-21(19)26(22(16)27)28-14-18-10-6-3-7-11-18;22-18-19(24-11-15-7-3-1-4-8-15)17-12-23-14-25-20(17)26(21(18)27)28-13-16-9-5-2-6-10-16/h2-11,13,15,24H,12,14H2,1H3;1-10,12,14,24H,11,13H2. The number of fused-ring (bicyclic) bond motifs is 2. The minimum Gasteiger partial charge on any atom is -0.404 e. The van der Waals surface area contributed by atoms with Gasteiger partial charge in [-0.2, -0.15) is 0 Å². The molecule has 13 heteroatoms. The quantitative estimate of drug-likeness (QED) is 0.124. The van der Waals surface area contributed by atoms with Crippen LogP contribution < -0.4 is 31.4 Å². The van der Waals surface area contributed by atoms with Gasteiger partial charge in [-0.15, -0.1) is 9.46 Å². The van der Waals surface area contributed by atoms with Gasteiger partial charge in [0.05, 0.1) is 22.1 Å². The van der Waals surface area contributed by atoms with E-state index in [4.69, 9.17) is 9.68 Å². The van der Waals surface area contributed by atoms with Gasteiger partial charge < -0.3 is 20.3 Å². The molecule has 0 aliphatic carbocycles. The maximum atomic E-state index is 13.0. The second-order valence-electron chi connectivity index (χ2n) is 12.6. The van der Waals surface area contributed by atoms with Crippen LogP contribution in [0.3, 0.4) is 0 Å². The van der Waals surface area contributed by atoms with Crippen molar-refractivity contribution in [3.63, 3.8) is 0 Å². The van der Waals surface area contributed by atoms with Gasteiger partial charge in [0.25, 0.3) is 5.56 Å². The number of pyridine rings is 2. The Hall–Kier alpha value is -6.61. The molecule has 56 heavy (non-hydrogen) atoms. The number of hydrogen-bond donors (Lipinski definition) is 2. The van der Waals surface area contributed by atoms with Crippen molar-refractivity contribution in [2.24, 2.45) is 0 Å². The highest BCUT2D eigenvalue weighted by atomic mass is 127. The molecule has 0 saturated heterocycles. The van der Waals surface area contributed by atoms with Crippen LogP contribution in [0.1, 0.15) is 27.8 Å². The zero-order valence-electron chi connectivity index (χ0n) is 30.4. The van der Waals surface area contributed by atoms with E-state index in [2.05, 4.69) is 30.6 Å². The molecule has 4 aromatic heterocycles. The van der Waals surface area contributed by atoms with Crippen LogP contribution in [0.2, 0.25) is 0 Å². The molecule has 0 aliphatic heterocycles. The fraction of sp³-hybridized carbons (Fsp3) is 0.116. The lowest BCUT2D eigenvalue weighted by Crippen LogP contribution is -2.30. The van der Waals surface area contributed by atoms with Crippen LogP contribution in [0.25, 0.3) is 22.1 Å². The van der Waals surface area contributed by atoms with E-state index in [9.17, 15) is 9.59 Å². The highest BCUT2D eigenvalue weighted by molar-refractivity contribution is 14.1. The number of anilines is 2. The van der Waals surface area contributed by atoms with Gasteiger partial charge in [-0.25, -0.2) is 19.9 Å². The number of aromatic nitrogens is 6. The molecule has 4 aromatic carbocycles. The van der Waals surface area contributed by atoms with Crippen LogP contribution in [0.4, 0.5) is 11.4 Å². The van der Waals surface area contributed by atoms with Crippen molar-refractivity contribution in [1.82, 2.24) is 29.4 Å². The highest BCUT2D eigenvalue weighted by Gasteiger charge is 2.18. The number of halogens is 1. The van der Waals surface area contributed by atoms with Gasteiger partial charge in [0.15, 0.2) is 11.3 Å². The SMILES string of the molecule is Cc1c(NCc2ccccc2)c2cncnc2n(OCc2ccccc2)c1=O.O=c1c(I)c(NCc2ccccc2)c2cncnc2n1OCc1ccccc1. The summed E-state index contributed by atoms with van der Waals surface area (Å²) in [6.07, 6.45) is 6.22. The molecule has 0 unspecified atom stereocenters. The van der Waals surface area contributed by atoms with Gasteiger partial charge in [-0.1, -0.05) is 121 Å². The van der Waals surface area contributed by atoms with E-state index in [0.29, 0.717) is 39.2 Å². The topological polar surface area (TPSA) is 138 Å². The first-order chi connectivity index (χ1) is 27.5. The first kappa shape index (κ1) is 37.7. The van der Waals surface area contributed by atoms with Crippen LogP contribution in [0.5, 0.6) is 0 Å². The third-order valence-corrected chi connectivity index (χ3v) is 9.81. The van der Waals surface area contributed by atoms with Gasteiger partial charge in [-0.05, 0) is 51.8 Å². The van der Waals surface area contributed by atoms with Crippen molar-refractivity contribution >= 4 is 56.0 Å². The van der Waals surface area contributed by atoms with E-state index >= 15 is 0 Å². The Balaban J connectivity index is 0.000000172. The Bertz CT molecular complexity index is 2480. The summed E-state index contributed by atoms with van der Waals surface area (Å²) >= 11 is 2.04. The van der Waals surface area contributed by atoms with Crippen LogP contribution >= 0.6 is 22.6 Å². The van der Waals surface area contributed by atoms with Crippen molar-refractivity contribution < 1.29 is 9.68 Å². The number of hydrogen-bond acceptors (Lipinski definition) is 10. The van der Waals surface area contributed by atoms with Crippen molar-refractivity contribution in [1.29, 1.82) is 0 Å². The lowest BCUT2D eigenvalue weighted by atomic mass is 10.1. The van der Waals surface area contributed by atoms with Crippen molar-refractivity contribution in [2.75, 3.05) is 10.6 Å². The molecule has 0 spiro atoms. The molecular formula is C43H37IN8O4.